The molecule has 0 unspecified atom stereocenters. The minimum Gasteiger partial charge on any atom is -0.310 e. The van der Waals surface area contributed by atoms with Crippen molar-refractivity contribution in [2.75, 3.05) is 0 Å². The van der Waals surface area contributed by atoms with Crippen LogP contribution in [0.4, 0.5) is 4.39 Å². The van der Waals surface area contributed by atoms with Gasteiger partial charge >= 0.3 is 0 Å². The van der Waals surface area contributed by atoms with Gasteiger partial charge in [0.15, 0.2) is 0 Å². The monoisotopic (exact) mass is 416 g/mol. The molecule has 2 aromatic heterocycles. The summed E-state index contributed by atoms with van der Waals surface area (Å²) in [6.07, 6.45) is 0.866. The van der Waals surface area contributed by atoms with Crippen LogP contribution in [-0.2, 0) is 19.5 Å². The van der Waals surface area contributed by atoms with Crippen LogP contribution < -0.4 is 5.62 Å². The highest BCUT2D eigenvalue weighted by Crippen LogP contribution is 2.24. The van der Waals surface area contributed by atoms with Crippen molar-refractivity contribution in [2.24, 2.45) is 0 Å². The predicted molar refractivity (Wildman–Crippen MR) is 119 cm³/mol. The van der Waals surface area contributed by atoms with Crippen molar-refractivity contribution in [1.82, 2.24) is 14.1 Å². The van der Waals surface area contributed by atoms with Crippen LogP contribution in [0.25, 0.3) is 21.3 Å². The number of hydrogen-bond donors (Lipinski definition) is 1. The Kier molecular flexibility index (Phi) is 4.71. The molecule has 5 rings (SSSR count). The SMILES string of the molecule is Cc1ccc(CCn2c(=N)n(Cc3nc4cc(F)ccc4s3)c3ccccc32)cc1. The van der Waals surface area contributed by atoms with Gasteiger partial charge in [0.1, 0.15) is 10.8 Å². The molecule has 150 valence electrons. The lowest BCUT2D eigenvalue weighted by atomic mass is 10.1. The fourth-order valence-electron chi connectivity index (χ4n) is 3.83. The number of aromatic nitrogens is 3. The molecule has 0 aliphatic heterocycles. The fraction of sp³-hybridized carbons (Fsp3) is 0.167. The number of para-hydroxylation sites is 2. The van der Waals surface area contributed by atoms with E-state index in [-0.39, 0.29) is 5.82 Å². The highest BCUT2D eigenvalue weighted by molar-refractivity contribution is 7.18. The van der Waals surface area contributed by atoms with Gasteiger partial charge in [-0.25, -0.2) is 9.37 Å². The average molecular weight is 417 g/mol. The largest absolute Gasteiger partial charge is 0.310 e. The van der Waals surface area contributed by atoms with Crippen molar-refractivity contribution in [3.63, 3.8) is 0 Å². The summed E-state index contributed by atoms with van der Waals surface area (Å²) in [6.45, 7) is 3.32. The summed E-state index contributed by atoms with van der Waals surface area (Å²) >= 11 is 1.55. The van der Waals surface area contributed by atoms with Gasteiger partial charge in [-0.2, -0.15) is 0 Å². The van der Waals surface area contributed by atoms with E-state index >= 15 is 0 Å². The van der Waals surface area contributed by atoms with Crippen LogP contribution in [0.2, 0.25) is 0 Å². The fourth-order valence-corrected chi connectivity index (χ4v) is 4.76. The van der Waals surface area contributed by atoms with Gasteiger partial charge in [-0.3, -0.25) is 5.41 Å². The van der Waals surface area contributed by atoms with Crippen LogP contribution in [0.3, 0.4) is 0 Å². The molecular formula is C24H21FN4S. The number of thiazole rings is 1. The van der Waals surface area contributed by atoms with E-state index in [0.29, 0.717) is 17.7 Å². The molecule has 0 amide bonds. The lowest BCUT2D eigenvalue weighted by Crippen LogP contribution is -2.25. The number of imidazole rings is 1. The van der Waals surface area contributed by atoms with Crippen LogP contribution in [0, 0.1) is 18.2 Å². The molecule has 3 aromatic carbocycles. The number of hydrogen-bond acceptors (Lipinski definition) is 3. The Hall–Kier alpha value is -3.25. The molecule has 0 aliphatic carbocycles. The van der Waals surface area contributed by atoms with Crippen molar-refractivity contribution in [2.45, 2.75) is 26.4 Å². The lowest BCUT2D eigenvalue weighted by molar-refractivity contribution is 0.620. The number of fused-ring (bicyclic) bond motifs is 2. The molecular weight excluding hydrogens is 395 g/mol. The van der Waals surface area contributed by atoms with E-state index in [1.54, 1.807) is 17.4 Å². The Morgan fingerprint density at radius 2 is 1.70 bits per heavy atom. The zero-order valence-corrected chi connectivity index (χ0v) is 17.4. The van der Waals surface area contributed by atoms with Crippen LogP contribution in [0.5, 0.6) is 0 Å². The van der Waals surface area contributed by atoms with E-state index in [9.17, 15) is 4.39 Å². The molecule has 2 heterocycles. The number of halogens is 1. The summed E-state index contributed by atoms with van der Waals surface area (Å²) < 4.78 is 18.5. The average Bonchev–Trinajstić information content (AvgIpc) is 3.26. The van der Waals surface area contributed by atoms with Gasteiger partial charge in [0, 0.05) is 12.6 Å². The van der Waals surface area contributed by atoms with Crippen LogP contribution in [0.15, 0.2) is 66.7 Å². The van der Waals surface area contributed by atoms with E-state index in [2.05, 4.69) is 46.8 Å². The molecule has 0 saturated carbocycles. The Bertz CT molecular complexity index is 1410. The molecule has 0 bridgehead atoms. The molecule has 4 nitrogen and oxygen atoms in total. The Morgan fingerprint density at radius 1 is 0.967 bits per heavy atom. The second-order valence-electron chi connectivity index (χ2n) is 7.51. The molecule has 0 spiro atoms. The molecule has 0 atom stereocenters. The number of rotatable bonds is 5. The third kappa shape index (κ3) is 3.44. The maximum atomic E-state index is 13.5. The molecule has 0 fully saturated rings. The number of aryl methyl sites for hydroxylation is 3. The Labute approximate surface area is 177 Å². The third-order valence-corrected chi connectivity index (χ3v) is 6.43. The molecule has 30 heavy (non-hydrogen) atoms. The second kappa shape index (κ2) is 7.54. The molecule has 0 radical (unpaired) electrons. The number of nitrogens with zero attached hydrogens (tertiary/aromatic N) is 3. The minimum atomic E-state index is -0.277. The summed E-state index contributed by atoms with van der Waals surface area (Å²) in [6, 6.07) is 21.4. The number of nitrogens with one attached hydrogen (secondary N) is 1. The van der Waals surface area contributed by atoms with Crippen molar-refractivity contribution in [3.05, 3.63) is 94.3 Å². The summed E-state index contributed by atoms with van der Waals surface area (Å²) in [5, 5.41) is 9.71. The van der Waals surface area contributed by atoms with Gasteiger partial charge in [-0.05, 0) is 43.2 Å². The molecule has 0 saturated heterocycles. The van der Waals surface area contributed by atoms with E-state index < -0.39 is 0 Å². The minimum absolute atomic E-state index is 0.277. The van der Waals surface area contributed by atoms with Crippen molar-refractivity contribution in [3.8, 4) is 0 Å². The second-order valence-corrected chi connectivity index (χ2v) is 8.62. The van der Waals surface area contributed by atoms with E-state index in [4.69, 9.17) is 5.41 Å². The van der Waals surface area contributed by atoms with Gasteiger partial charge in [-0.15, -0.1) is 11.3 Å². The first-order valence-corrected chi connectivity index (χ1v) is 10.7. The smallest absolute Gasteiger partial charge is 0.203 e. The summed E-state index contributed by atoms with van der Waals surface area (Å²) in [7, 11) is 0. The summed E-state index contributed by atoms with van der Waals surface area (Å²) in [5.74, 6) is -0.277. The van der Waals surface area contributed by atoms with Crippen LogP contribution in [0.1, 0.15) is 16.1 Å². The number of benzene rings is 3. The summed E-state index contributed by atoms with van der Waals surface area (Å²) in [4.78, 5) is 4.59. The van der Waals surface area contributed by atoms with Crippen LogP contribution >= 0.6 is 11.3 Å². The Balaban J connectivity index is 1.51. The summed E-state index contributed by atoms with van der Waals surface area (Å²) in [5.41, 5.74) is 5.69. The van der Waals surface area contributed by atoms with E-state index in [0.717, 1.165) is 33.7 Å². The van der Waals surface area contributed by atoms with Crippen molar-refractivity contribution >= 4 is 32.6 Å². The maximum Gasteiger partial charge on any atom is 0.203 e. The normalized spacial score (nSPS) is 11.5. The van der Waals surface area contributed by atoms with Crippen molar-refractivity contribution < 1.29 is 4.39 Å². The molecule has 5 aromatic rings. The van der Waals surface area contributed by atoms with Crippen LogP contribution in [-0.4, -0.2) is 14.1 Å². The highest BCUT2D eigenvalue weighted by Gasteiger charge is 2.13. The van der Waals surface area contributed by atoms with E-state index in [1.807, 2.05) is 22.8 Å². The standard InChI is InChI=1S/C24H21FN4S/c1-16-6-8-17(9-7-16)12-13-28-20-4-2-3-5-21(20)29(24(28)26)15-23-27-19-14-18(25)10-11-22(19)30-23/h2-11,14,26H,12-13,15H2,1H3. The molecule has 0 aliphatic rings. The third-order valence-electron chi connectivity index (χ3n) is 5.41. The van der Waals surface area contributed by atoms with Gasteiger partial charge in [0.2, 0.25) is 5.62 Å². The van der Waals surface area contributed by atoms with Gasteiger partial charge in [0.25, 0.3) is 0 Å². The van der Waals surface area contributed by atoms with Gasteiger partial charge in [0.05, 0.1) is 27.8 Å². The predicted octanol–water partition coefficient (Wildman–Crippen LogP) is 5.27. The van der Waals surface area contributed by atoms with Gasteiger partial charge < -0.3 is 9.13 Å². The first-order valence-electron chi connectivity index (χ1n) is 9.92. The van der Waals surface area contributed by atoms with Gasteiger partial charge in [-0.1, -0.05) is 42.0 Å². The quantitative estimate of drug-likeness (QED) is 0.417. The van der Waals surface area contributed by atoms with E-state index in [1.165, 1.54) is 23.3 Å². The van der Waals surface area contributed by atoms with Crippen molar-refractivity contribution in [1.29, 1.82) is 5.41 Å². The first-order chi connectivity index (χ1) is 14.6. The maximum absolute atomic E-state index is 13.5. The lowest BCUT2D eigenvalue weighted by Gasteiger charge is -2.05. The first kappa shape index (κ1) is 18.8. The Morgan fingerprint density at radius 3 is 2.47 bits per heavy atom. The zero-order valence-electron chi connectivity index (χ0n) is 16.6. The highest BCUT2D eigenvalue weighted by atomic mass is 32.1. The molecule has 6 heteroatoms. The zero-order chi connectivity index (χ0) is 20.7. The topological polar surface area (TPSA) is 46.6 Å². The molecule has 1 N–H and O–H groups in total.